The SMILES string of the molecule is CC[C@H](C)[C@H](NC(=O)[C@H](CC(C)C)NC(C)=O)C(=O)N[C@@H](Cc1ccc(O)cc1)C(=O)N[C@@H](C)C(=O)N[C@@H](CCC(N)=O)C(=O)NCC(=O)N[C@@H](Cc1ccccc1)C(=O)N[C@@H](CO)C(=O)N[C@@H](CCCCN)C(=O)N[C@@H](CCCNC(=N)N)C(=O)N[C@@H](CCCNC(=N)N)C(=O)N[C@@H](CCCNC(=N)N)C(=O)N[C@@H](CCCNC(=N)N)C(=O)O. The van der Waals surface area contributed by atoms with E-state index in [0.29, 0.717) is 24.0 Å². The molecule has 45 nitrogen and oxygen atoms in total. The highest BCUT2D eigenvalue weighted by atomic mass is 16.4. The van der Waals surface area contributed by atoms with Crippen molar-refractivity contribution in [2.45, 2.75) is 223 Å². The van der Waals surface area contributed by atoms with Gasteiger partial charge < -0.3 is 140 Å². The first-order valence-electron chi connectivity index (χ1n) is 39.5. The fourth-order valence-electron chi connectivity index (χ4n) is 11.8. The maximum absolute atomic E-state index is 14.6. The van der Waals surface area contributed by atoms with Crippen LogP contribution >= 0.6 is 0 Å². The molecule has 2 aromatic carbocycles. The molecule has 0 heterocycles. The molecule has 14 amide bonds. The first-order chi connectivity index (χ1) is 56.7. The molecule has 2 aromatic rings. The Morgan fingerprint density at radius 3 is 1.19 bits per heavy atom. The van der Waals surface area contributed by atoms with Gasteiger partial charge in [0.25, 0.3) is 0 Å². The van der Waals surface area contributed by atoms with Crippen molar-refractivity contribution in [3.05, 3.63) is 65.7 Å². The number of aromatic hydroxyl groups is 1. The minimum atomic E-state index is -1.87. The molecule has 668 valence electrons. The molecular weight excluding hydrogens is 1570 g/mol. The second-order valence-electron chi connectivity index (χ2n) is 29.1. The average molecular weight is 1690 g/mol. The Morgan fingerprint density at radius 2 is 0.775 bits per heavy atom. The zero-order chi connectivity index (χ0) is 90.1. The van der Waals surface area contributed by atoms with Gasteiger partial charge in [-0.05, 0) is 132 Å². The van der Waals surface area contributed by atoms with E-state index in [1.807, 2.05) is 13.8 Å². The lowest BCUT2D eigenvalue weighted by atomic mass is 9.96. The Bertz CT molecular complexity index is 3770. The van der Waals surface area contributed by atoms with Crippen LogP contribution in [0.25, 0.3) is 0 Å². The maximum atomic E-state index is 14.6. The van der Waals surface area contributed by atoms with E-state index in [1.165, 1.54) is 38.1 Å². The number of hydrogen-bond donors (Lipinski definition) is 30. The number of amides is 14. The number of phenolic OH excluding ortho intramolecular Hbond substituents is 1. The molecule has 2 rings (SSSR count). The van der Waals surface area contributed by atoms with E-state index in [0.717, 1.165) is 0 Å². The molecule has 0 bridgehead atoms. The number of hydrogen-bond acceptors (Lipinski definition) is 22. The van der Waals surface area contributed by atoms with Gasteiger partial charge in [0.1, 0.15) is 78.3 Å². The van der Waals surface area contributed by atoms with Gasteiger partial charge in [-0.1, -0.05) is 76.6 Å². The molecule has 120 heavy (non-hydrogen) atoms. The highest BCUT2D eigenvalue weighted by Crippen LogP contribution is 2.17. The van der Waals surface area contributed by atoms with E-state index in [4.69, 9.17) is 56.0 Å². The van der Waals surface area contributed by atoms with Crippen molar-refractivity contribution in [1.82, 2.24) is 90.4 Å². The van der Waals surface area contributed by atoms with Gasteiger partial charge in [-0.15, -0.1) is 0 Å². The summed E-state index contributed by atoms with van der Waals surface area (Å²) in [6.07, 6.45) is -1.01. The molecule has 0 radical (unpaired) electrons. The molecule has 0 spiro atoms. The van der Waals surface area contributed by atoms with Crippen LogP contribution in [0, 0.1) is 33.5 Å². The topological polar surface area (TPSA) is 773 Å². The van der Waals surface area contributed by atoms with Gasteiger partial charge in [0, 0.05) is 52.4 Å². The van der Waals surface area contributed by atoms with Crippen LogP contribution in [0.1, 0.15) is 149 Å². The van der Waals surface area contributed by atoms with Crippen LogP contribution in [0.5, 0.6) is 5.75 Å². The third kappa shape index (κ3) is 42.4. The van der Waals surface area contributed by atoms with E-state index in [1.54, 1.807) is 44.2 Å². The summed E-state index contributed by atoms with van der Waals surface area (Å²) in [5.74, 6) is -16.8. The number of nitrogens with one attached hydrogen (secondary N) is 21. The molecule has 0 unspecified atom stereocenters. The number of carbonyl (C=O) groups is 15. The van der Waals surface area contributed by atoms with Gasteiger partial charge in [-0.25, -0.2) is 4.79 Å². The van der Waals surface area contributed by atoms with Crippen LogP contribution < -0.4 is 125 Å². The highest BCUT2D eigenvalue weighted by molar-refractivity contribution is 6.00. The van der Waals surface area contributed by atoms with Gasteiger partial charge in [0.2, 0.25) is 82.7 Å². The van der Waals surface area contributed by atoms with E-state index >= 15 is 0 Å². The second kappa shape index (κ2) is 55.8. The molecule has 0 aliphatic rings. The summed E-state index contributed by atoms with van der Waals surface area (Å²) >= 11 is 0. The number of guanidine groups is 4. The van der Waals surface area contributed by atoms with E-state index in [9.17, 15) is 87.2 Å². The standard InChI is InChI=1S/C75H125N27O18/c1-7-41(4)59(102-68(116)53(35-40(2)3)92-43(6)104)70(118)100-55(37-45-24-26-46(105)27-25-45)66(114)91-42(5)60(108)94-51(28-29-57(77)106)61(109)90-38-58(107)93-54(36-44-17-9-8-10-18-44)67(115)101-56(39-103)69(117)98-47(19-11-12-30-76)62(110)95-48(20-13-31-86-72(78)79)63(111)96-49(21-14-32-87-73(80)81)64(112)97-50(22-15-33-88-74(82)83)65(113)99-52(71(119)120)23-16-34-89-75(84)85/h8-10,17-18,24-27,40-42,47-56,59,103,105H,7,11-16,19-23,28-39,76H2,1-6H3,(H2,77,106)(H,90,109)(H,91,114)(H,92,104)(H,93,107)(H,94,108)(H,95,110)(H,96,111)(H,97,112)(H,98,117)(H,99,113)(H,100,118)(H,101,115)(H,102,116)(H,119,120)(H4,78,79,86)(H4,80,81,87)(H4,82,83,88)(H4,84,85,89)/t41-,42-,47-,48-,49-,50-,51-,52-,53-,54-,55-,56-,59-/m0/s1. The fourth-order valence-corrected chi connectivity index (χ4v) is 11.8. The summed E-state index contributed by atoms with van der Waals surface area (Å²) in [4.78, 5) is 207. The summed E-state index contributed by atoms with van der Waals surface area (Å²) in [6.45, 7) is 7.81. The van der Waals surface area contributed by atoms with Crippen molar-refractivity contribution >= 4 is 113 Å². The van der Waals surface area contributed by atoms with Crippen LogP contribution in [-0.4, -0.2) is 246 Å². The van der Waals surface area contributed by atoms with Crippen molar-refractivity contribution in [3.63, 3.8) is 0 Å². The lowest BCUT2D eigenvalue weighted by Gasteiger charge is -2.29. The van der Waals surface area contributed by atoms with Crippen molar-refractivity contribution in [1.29, 1.82) is 21.6 Å². The number of aliphatic hydroxyl groups is 1. The van der Waals surface area contributed by atoms with Crippen molar-refractivity contribution in [3.8, 4) is 5.75 Å². The largest absolute Gasteiger partial charge is 0.508 e. The summed E-state index contributed by atoms with van der Waals surface area (Å²) in [5.41, 5.74) is 34.0. The molecule has 36 N–H and O–H groups in total. The number of aliphatic carboxylic acids is 1. The number of phenols is 1. The molecule has 0 aliphatic heterocycles. The van der Waals surface area contributed by atoms with Crippen molar-refractivity contribution in [2.24, 2.45) is 46.2 Å². The zero-order valence-electron chi connectivity index (χ0n) is 68.7. The average Bonchev–Trinajstić information content (AvgIpc) is 0.843. The fraction of sp³-hybridized carbons (Fsp3) is 0.587. The quantitative estimate of drug-likeness (QED) is 0.0166. The molecule has 0 aromatic heterocycles. The van der Waals surface area contributed by atoms with Gasteiger partial charge in [0.05, 0.1) is 13.2 Å². The van der Waals surface area contributed by atoms with Gasteiger partial charge >= 0.3 is 5.97 Å². The lowest BCUT2D eigenvalue weighted by Crippen LogP contribution is -2.60. The van der Waals surface area contributed by atoms with E-state index < -0.39 is 211 Å². The normalized spacial score (nSPS) is 14.1. The molecule has 0 saturated carbocycles. The number of benzene rings is 2. The molecular formula is C75H125N27O18. The third-order valence-electron chi connectivity index (χ3n) is 18.5. The van der Waals surface area contributed by atoms with Crippen molar-refractivity contribution in [2.75, 3.05) is 45.9 Å². The number of primary amides is 1. The Morgan fingerprint density at radius 1 is 0.400 bits per heavy atom. The smallest absolute Gasteiger partial charge is 0.326 e. The molecule has 13 atom stereocenters. The van der Waals surface area contributed by atoms with Crippen LogP contribution in [0.15, 0.2) is 54.6 Å². The molecule has 0 saturated heterocycles. The Balaban J connectivity index is 2.51. The maximum Gasteiger partial charge on any atom is 0.326 e. The minimum Gasteiger partial charge on any atom is -0.508 e. The summed E-state index contributed by atoms with van der Waals surface area (Å²) < 4.78 is 0. The predicted octanol–water partition coefficient (Wildman–Crippen LogP) is -7.23. The predicted molar refractivity (Wildman–Crippen MR) is 441 cm³/mol. The Kier molecular flexibility index (Phi) is 48.1. The Labute approximate surface area is 695 Å². The number of aliphatic hydroxyl groups excluding tert-OH is 1. The van der Waals surface area contributed by atoms with E-state index in [2.05, 4.69) is 90.4 Å². The summed E-state index contributed by atoms with van der Waals surface area (Å²) in [5, 5.41) is 104. The number of carboxylic acid groups (broad SMARTS) is 1. The van der Waals surface area contributed by atoms with E-state index in [-0.39, 0.29) is 134 Å². The Hall–Kier alpha value is -12.7. The van der Waals surface area contributed by atoms with Crippen molar-refractivity contribution < 1.29 is 87.2 Å². The number of unbranched alkanes of at least 4 members (excludes halogenated alkanes) is 1. The number of rotatable bonds is 58. The van der Waals surface area contributed by atoms with Crippen LogP contribution in [0.3, 0.4) is 0 Å². The van der Waals surface area contributed by atoms with Gasteiger partial charge in [0.15, 0.2) is 23.8 Å². The first-order valence-corrected chi connectivity index (χ1v) is 39.5. The van der Waals surface area contributed by atoms with Gasteiger partial charge in [-0.2, -0.15) is 0 Å². The second-order valence-corrected chi connectivity index (χ2v) is 29.1. The first kappa shape index (κ1) is 103. The number of nitrogens with two attached hydrogens (primary N) is 6. The number of carbonyl (C=O) groups excluding carboxylic acids is 14. The zero-order valence-corrected chi connectivity index (χ0v) is 68.7. The van der Waals surface area contributed by atoms with Crippen LogP contribution in [0.4, 0.5) is 0 Å². The molecule has 45 heteroatoms. The van der Waals surface area contributed by atoms with Crippen LogP contribution in [-0.2, 0) is 84.8 Å². The van der Waals surface area contributed by atoms with Crippen LogP contribution in [0.2, 0.25) is 0 Å². The monoisotopic (exact) mass is 1690 g/mol. The summed E-state index contributed by atoms with van der Waals surface area (Å²) in [7, 11) is 0. The molecule has 0 aliphatic carbocycles. The minimum absolute atomic E-state index is 0.00898. The number of carboxylic acids is 1. The summed E-state index contributed by atoms with van der Waals surface area (Å²) in [6, 6.07) is -4.16. The highest BCUT2D eigenvalue weighted by Gasteiger charge is 2.38. The molecule has 0 fully saturated rings. The third-order valence-corrected chi connectivity index (χ3v) is 18.5. The lowest BCUT2D eigenvalue weighted by molar-refractivity contribution is -0.142. The van der Waals surface area contributed by atoms with Gasteiger partial charge in [-0.3, -0.25) is 88.8 Å².